The van der Waals surface area contributed by atoms with Gasteiger partial charge in [-0.05, 0) is 54.5 Å². The highest BCUT2D eigenvalue weighted by Gasteiger charge is 2.31. The van der Waals surface area contributed by atoms with Crippen molar-refractivity contribution >= 4 is 25.5 Å². The summed E-state index contributed by atoms with van der Waals surface area (Å²) in [5.41, 5.74) is 2.08. The summed E-state index contributed by atoms with van der Waals surface area (Å²) >= 11 is 0. The predicted molar refractivity (Wildman–Crippen MR) is 112 cm³/mol. The number of carbonyl (C=O) groups is 1. The van der Waals surface area contributed by atoms with Gasteiger partial charge in [0.15, 0.2) is 5.78 Å². The molecule has 1 aliphatic rings. The third kappa shape index (κ3) is 6.03. The predicted octanol–water partition coefficient (Wildman–Crippen LogP) is 4.50. The highest BCUT2D eigenvalue weighted by atomic mass is 31.2. The van der Waals surface area contributed by atoms with Gasteiger partial charge in [0.2, 0.25) is 0 Å². The SMILES string of the molecule is CCOP(=O)(O)CN1C/C(=C\c2ccc(F)cc2)C(=O)/C(=C/c2ccc(F)cc2)C1. The number of nitrogens with zero attached hydrogens (tertiary/aromatic N) is 1. The molecule has 1 N–H and O–H groups in total. The lowest BCUT2D eigenvalue weighted by molar-refractivity contribution is -0.113. The van der Waals surface area contributed by atoms with E-state index in [1.54, 1.807) is 48.2 Å². The molecule has 0 aliphatic carbocycles. The number of benzene rings is 2. The van der Waals surface area contributed by atoms with Crippen molar-refractivity contribution in [1.82, 2.24) is 4.90 Å². The second kappa shape index (κ2) is 9.58. The molecule has 2 aromatic rings. The minimum atomic E-state index is -3.85. The van der Waals surface area contributed by atoms with Crippen molar-refractivity contribution in [3.63, 3.8) is 0 Å². The molecule has 0 spiro atoms. The molecule has 0 bridgehead atoms. The van der Waals surface area contributed by atoms with Crippen LogP contribution in [-0.2, 0) is 13.9 Å². The third-order valence-electron chi connectivity index (χ3n) is 4.50. The molecule has 1 heterocycles. The average Bonchev–Trinajstić information content (AvgIpc) is 2.68. The first kappa shape index (κ1) is 22.2. The van der Waals surface area contributed by atoms with Crippen LogP contribution in [0.25, 0.3) is 12.2 Å². The van der Waals surface area contributed by atoms with Crippen LogP contribution in [-0.4, -0.2) is 41.6 Å². The fourth-order valence-electron chi connectivity index (χ4n) is 3.23. The van der Waals surface area contributed by atoms with E-state index in [1.165, 1.54) is 24.3 Å². The van der Waals surface area contributed by atoms with E-state index in [2.05, 4.69) is 0 Å². The Balaban J connectivity index is 1.94. The molecular formula is C22H22F2NO4P. The summed E-state index contributed by atoms with van der Waals surface area (Å²) < 4.78 is 43.6. The van der Waals surface area contributed by atoms with Gasteiger partial charge in [0.05, 0.1) is 6.61 Å². The molecular weight excluding hydrogens is 411 g/mol. The van der Waals surface area contributed by atoms with Gasteiger partial charge in [0, 0.05) is 24.2 Å². The summed E-state index contributed by atoms with van der Waals surface area (Å²) in [6, 6.07) is 11.4. The molecule has 1 atom stereocenters. The lowest BCUT2D eigenvalue weighted by atomic mass is 9.94. The first-order valence-electron chi connectivity index (χ1n) is 9.41. The number of halogens is 2. The third-order valence-corrected chi connectivity index (χ3v) is 5.92. The van der Waals surface area contributed by atoms with Gasteiger partial charge < -0.3 is 9.42 Å². The van der Waals surface area contributed by atoms with Crippen molar-refractivity contribution in [3.8, 4) is 0 Å². The minimum absolute atomic E-state index is 0.0943. The Kier molecular flexibility index (Phi) is 7.10. The van der Waals surface area contributed by atoms with Crippen LogP contribution in [0.3, 0.4) is 0 Å². The molecule has 30 heavy (non-hydrogen) atoms. The van der Waals surface area contributed by atoms with E-state index in [9.17, 15) is 23.0 Å². The first-order chi connectivity index (χ1) is 14.3. The van der Waals surface area contributed by atoms with Crippen LogP contribution >= 0.6 is 7.60 Å². The van der Waals surface area contributed by atoms with E-state index in [0.717, 1.165) is 0 Å². The van der Waals surface area contributed by atoms with Crippen LogP contribution in [0.15, 0.2) is 59.7 Å². The number of hydrogen-bond donors (Lipinski definition) is 1. The van der Waals surface area contributed by atoms with Gasteiger partial charge in [-0.1, -0.05) is 24.3 Å². The number of Topliss-reactive ketones (excluding diaryl/α,β-unsaturated/α-hetero) is 1. The molecule has 158 valence electrons. The van der Waals surface area contributed by atoms with E-state index in [1.807, 2.05) is 0 Å². The molecule has 1 saturated heterocycles. The highest BCUT2D eigenvalue weighted by Crippen LogP contribution is 2.43. The van der Waals surface area contributed by atoms with Crippen molar-refractivity contribution in [3.05, 3.63) is 82.4 Å². The average molecular weight is 433 g/mol. The Morgan fingerprint density at radius 1 is 0.967 bits per heavy atom. The fraction of sp³-hybridized carbons (Fsp3) is 0.227. The number of carbonyl (C=O) groups excluding carboxylic acids is 1. The standard InChI is InChI=1S/C22H22F2NO4P/c1-2-29-30(27,28)15-25-13-18(11-16-3-7-20(23)8-4-16)22(26)19(14-25)12-17-5-9-21(24)10-6-17/h3-12H,2,13-15H2,1H3,(H,27,28)/b18-11+,19-12+. The topological polar surface area (TPSA) is 66.8 Å². The largest absolute Gasteiger partial charge is 0.342 e. The van der Waals surface area contributed by atoms with E-state index in [0.29, 0.717) is 22.3 Å². The quantitative estimate of drug-likeness (QED) is 0.537. The molecule has 0 saturated carbocycles. The monoisotopic (exact) mass is 433 g/mol. The van der Waals surface area contributed by atoms with Crippen LogP contribution in [0.2, 0.25) is 0 Å². The molecule has 0 radical (unpaired) electrons. The maximum Gasteiger partial charge on any atom is 0.342 e. The van der Waals surface area contributed by atoms with Crippen molar-refractivity contribution in [1.29, 1.82) is 0 Å². The molecule has 8 heteroatoms. The fourth-order valence-corrected chi connectivity index (χ4v) is 4.42. The van der Waals surface area contributed by atoms with E-state index >= 15 is 0 Å². The molecule has 5 nitrogen and oxygen atoms in total. The van der Waals surface area contributed by atoms with Gasteiger partial charge >= 0.3 is 7.60 Å². The number of hydrogen-bond acceptors (Lipinski definition) is 4. The van der Waals surface area contributed by atoms with Gasteiger partial charge in [-0.2, -0.15) is 0 Å². The first-order valence-corrected chi connectivity index (χ1v) is 11.2. The minimum Gasteiger partial charge on any atom is -0.323 e. The number of likely N-dealkylation sites (tertiary alicyclic amines) is 1. The van der Waals surface area contributed by atoms with Crippen molar-refractivity contribution in [2.75, 3.05) is 26.0 Å². The lowest BCUT2D eigenvalue weighted by Gasteiger charge is -2.30. The Bertz CT molecular complexity index is 949. The van der Waals surface area contributed by atoms with Gasteiger partial charge in [-0.15, -0.1) is 0 Å². The molecule has 1 fully saturated rings. The summed E-state index contributed by atoms with van der Waals surface area (Å²) in [6.45, 7) is 2.02. The Labute approximate surface area is 173 Å². The second-order valence-electron chi connectivity index (χ2n) is 6.96. The number of ketones is 1. The van der Waals surface area contributed by atoms with Gasteiger partial charge in [-0.25, -0.2) is 8.78 Å². The van der Waals surface area contributed by atoms with Crippen LogP contribution < -0.4 is 0 Å². The van der Waals surface area contributed by atoms with Gasteiger partial charge in [0.25, 0.3) is 0 Å². The van der Waals surface area contributed by atoms with Gasteiger partial charge in [-0.3, -0.25) is 14.3 Å². The summed E-state index contributed by atoms with van der Waals surface area (Å²) in [5.74, 6) is -0.990. The zero-order valence-corrected chi connectivity index (χ0v) is 17.3. The van der Waals surface area contributed by atoms with E-state index in [4.69, 9.17) is 4.52 Å². The molecule has 1 aliphatic heterocycles. The van der Waals surface area contributed by atoms with E-state index in [-0.39, 0.29) is 43.4 Å². The Hall–Kier alpha value is -2.44. The smallest absolute Gasteiger partial charge is 0.323 e. The van der Waals surface area contributed by atoms with Gasteiger partial charge in [0.1, 0.15) is 17.9 Å². The second-order valence-corrected chi connectivity index (χ2v) is 8.77. The number of rotatable bonds is 6. The molecule has 2 aromatic carbocycles. The molecule has 1 unspecified atom stereocenters. The maximum atomic E-state index is 13.2. The van der Waals surface area contributed by atoms with Crippen LogP contribution in [0.1, 0.15) is 18.1 Å². The van der Waals surface area contributed by atoms with Crippen molar-refractivity contribution in [2.24, 2.45) is 0 Å². The summed E-state index contributed by atoms with van der Waals surface area (Å²) in [6.07, 6.45) is 3.03. The normalized spacial score (nSPS) is 19.9. The van der Waals surface area contributed by atoms with Crippen LogP contribution in [0.5, 0.6) is 0 Å². The highest BCUT2D eigenvalue weighted by molar-refractivity contribution is 7.52. The summed E-state index contributed by atoms with van der Waals surface area (Å²) in [5, 5.41) is 0. The van der Waals surface area contributed by atoms with Crippen LogP contribution in [0, 0.1) is 11.6 Å². The molecule has 0 amide bonds. The Morgan fingerprint density at radius 3 is 1.80 bits per heavy atom. The lowest BCUT2D eigenvalue weighted by Crippen LogP contribution is -2.38. The van der Waals surface area contributed by atoms with Crippen molar-refractivity contribution < 1.29 is 27.6 Å². The summed E-state index contributed by atoms with van der Waals surface area (Å²) in [7, 11) is -3.85. The molecule has 3 rings (SSSR count). The Morgan fingerprint density at radius 2 is 1.40 bits per heavy atom. The van der Waals surface area contributed by atoms with E-state index < -0.39 is 7.60 Å². The van der Waals surface area contributed by atoms with Crippen molar-refractivity contribution in [2.45, 2.75) is 6.92 Å². The number of piperidine rings is 1. The summed E-state index contributed by atoms with van der Waals surface area (Å²) in [4.78, 5) is 24.7. The van der Waals surface area contributed by atoms with Crippen LogP contribution in [0.4, 0.5) is 8.78 Å². The zero-order valence-electron chi connectivity index (χ0n) is 16.4. The maximum absolute atomic E-state index is 13.2. The molecule has 0 aromatic heterocycles. The zero-order chi connectivity index (χ0) is 21.7.